The molecule has 1 N–H and O–H groups in total. The van der Waals surface area contributed by atoms with Crippen LogP contribution in [0.5, 0.6) is 5.75 Å². The smallest absolute Gasteiger partial charge is 0.140 e. The summed E-state index contributed by atoms with van der Waals surface area (Å²) in [6.07, 6.45) is 0.102. The molecule has 0 spiro atoms. The molecule has 4 heteroatoms. The van der Waals surface area contributed by atoms with E-state index in [-0.39, 0.29) is 6.10 Å². The van der Waals surface area contributed by atoms with Crippen molar-refractivity contribution in [3.63, 3.8) is 0 Å². The molecular formula is C17H17ClN2O. The van der Waals surface area contributed by atoms with Crippen molar-refractivity contribution in [2.75, 3.05) is 5.32 Å². The van der Waals surface area contributed by atoms with Crippen LogP contribution in [-0.4, -0.2) is 6.10 Å². The summed E-state index contributed by atoms with van der Waals surface area (Å²) >= 11 is 5.86. The molecule has 0 aliphatic rings. The average Bonchev–Trinajstić information content (AvgIpc) is 2.46. The summed E-state index contributed by atoms with van der Waals surface area (Å²) in [5, 5.41) is 13.2. The summed E-state index contributed by atoms with van der Waals surface area (Å²) in [6.45, 7) is 3.95. The minimum absolute atomic E-state index is 0.102. The van der Waals surface area contributed by atoms with Gasteiger partial charge in [0.15, 0.2) is 0 Å². The molecule has 0 aliphatic heterocycles. The van der Waals surface area contributed by atoms with Gasteiger partial charge in [-0.05, 0) is 55.8 Å². The van der Waals surface area contributed by atoms with Crippen LogP contribution >= 0.6 is 11.6 Å². The number of hydrogen-bond donors (Lipinski definition) is 1. The highest BCUT2D eigenvalue weighted by atomic mass is 35.5. The molecule has 0 fully saturated rings. The van der Waals surface area contributed by atoms with Gasteiger partial charge in [-0.15, -0.1) is 0 Å². The fourth-order valence-corrected chi connectivity index (χ4v) is 2.07. The van der Waals surface area contributed by atoms with Crippen molar-refractivity contribution in [2.24, 2.45) is 0 Å². The van der Waals surface area contributed by atoms with Crippen molar-refractivity contribution in [3.05, 3.63) is 59.1 Å². The molecule has 0 bridgehead atoms. The topological polar surface area (TPSA) is 45.0 Å². The first-order valence-corrected chi connectivity index (χ1v) is 7.14. The van der Waals surface area contributed by atoms with Crippen LogP contribution < -0.4 is 10.1 Å². The van der Waals surface area contributed by atoms with E-state index in [0.717, 1.165) is 17.0 Å². The zero-order valence-electron chi connectivity index (χ0n) is 12.0. The Morgan fingerprint density at radius 1 is 1.14 bits per heavy atom. The second-order valence-electron chi connectivity index (χ2n) is 4.95. The quantitative estimate of drug-likeness (QED) is 0.862. The lowest BCUT2D eigenvalue weighted by Gasteiger charge is -2.15. The van der Waals surface area contributed by atoms with Gasteiger partial charge in [-0.3, -0.25) is 0 Å². The molecule has 2 rings (SSSR count). The molecule has 0 aliphatic carbocycles. The lowest BCUT2D eigenvalue weighted by molar-refractivity contribution is 0.242. The number of hydrogen-bond acceptors (Lipinski definition) is 3. The predicted octanol–water partition coefficient (Wildman–Crippen LogP) is 4.80. The Balaban J connectivity index is 2.17. The number of nitrogens with zero attached hydrogens (tertiary/aromatic N) is 1. The monoisotopic (exact) mass is 300 g/mol. The third kappa shape index (κ3) is 4.40. The van der Waals surface area contributed by atoms with Crippen molar-refractivity contribution < 1.29 is 4.74 Å². The summed E-state index contributed by atoms with van der Waals surface area (Å²) in [5.74, 6) is 0.764. The third-order valence-electron chi connectivity index (χ3n) is 2.85. The van der Waals surface area contributed by atoms with Gasteiger partial charge in [0, 0.05) is 10.7 Å². The lowest BCUT2D eigenvalue weighted by atomic mass is 10.1. The van der Waals surface area contributed by atoms with Crippen LogP contribution in [0.3, 0.4) is 0 Å². The highest BCUT2D eigenvalue weighted by molar-refractivity contribution is 6.30. The van der Waals surface area contributed by atoms with E-state index in [0.29, 0.717) is 5.02 Å². The van der Waals surface area contributed by atoms with Crippen molar-refractivity contribution in [1.29, 1.82) is 5.26 Å². The van der Waals surface area contributed by atoms with Gasteiger partial charge in [0.25, 0.3) is 0 Å². The summed E-state index contributed by atoms with van der Waals surface area (Å²) in [7, 11) is 0. The van der Waals surface area contributed by atoms with Crippen LogP contribution in [0.2, 0.25) is 5.02 Å². The Hall–Kier alpha value is -2.18. The number of benzene rings is 2. The van der Waals surface area contributed by atoms with Gasteiger partial charge < -0.3 is 10.1 Å². The van der Waals surface area contributed by atoms with E-state index in [1.807, 2.05) is 50.2 Å². The Labute approximate surface area is 130 Å². The fourth-order valence-electron chi connectivity index (χ4n) is 1.94. The van der Waals surface area contributed by atoms with Gasteiger partial charge >= 0.3 is 0 Å². The molecule has 1 unspecified atom stereocenters. The molecule has 2 aromatic rings. The summed E-state index contributed by atoms with van der Waals surface area (Å²) < 4.78 is 5.66. The van der Waals surface area contributed by atoms with Gasteiger partial charge in [-0.1, -0.05) is 23.7 Å². The standard InChI is InChI=1S/C17H17ClN2O/c1-12(2)21-16-5-3-4-13(10-16)17(11-19)20-15-8-6-14(18)7-9-15/h3-10,12,17,20H,1-2H3. The Morgan fingerprint density at radius 2 is 1.86 bits per heavy atom. The number of rotatable bonds is 5. The van der Waals surface area contributed by atoms with Crippen molar-refractivity contribution in [3.8, 4) is 11.8 Å². The first kappa shape index (κ1) is 15.2. The maximum atomic E-state index is 9.39. The van der Waals surface area contributed by atoms with E-state index < -0.39 is 6.04 Å². The number of ether oxygens (including phenoxy) is 1. The molecule has 0 amide bonds. The minimum Gasteiger partial charge on any atom is -0.491 e. The number of anilines is 1. The van der Waals surface area contributed by atoms with Crippen molar-refractivity contribution >= 4 is 17.3 Å². The molecule has 3 nitrogen and oxygen atoms in total. The summed E-state index contributed by atoms with van der Waals surface area (Å²) in [4.78, 5) is 0. The van der Waals surface area contributed by atoms with Gasteiger partial charge in [0.05, 0.1) is 12.2 Å². The molecule has 1 atom stereocenters. The molecule has 108 valence electrons. The largest absolute Gasteiger partial charge is 0.491 e. The van der Waals surface area contributed by atoms with Crippen LogP contribution in [-0.2, 0) is 0 Å². The van der Waals surface area contributed by atoms with Gasteiger partial charge in [-0.25, -0.2) is 0 Å². The Kier molecular flexibility index (Phi) is 5.08. The molecular weight excluding hydrogens is 284 g/mol. The Morgan fingerprint density at radius 3 is 2.48 bits per heavy atom. The van der Waals surface area contributed by atoms with Crippen molar-refractivity contribution in [1.82, 2.24) is 0 Å². The number of halogens is 1. The zero-order chi connectivity index (χ0) is 15.2. The second-order valence-corrected chi connectivity index (χ2v) is 5.39. The fraction of sp³-hybridized carbons (Fsp3) is 0.235. The van der Waals surface area contributed by atoms with Crippen LogP contribution in [0.25, 0.3) is 0 Å². The van der Waals surface area contributed by atoms with E-state index in [4.69, 9.17) is 16.3 Å². The average molecular weight is 301 g/mol. The number of nitriles is 1. The lowest BCUT2D eigenvalue weighted by Crippen LogP contribution is -2.10. The maximum Gasteiger partial charge on any atom is 0.140 e. The zero-order valence-corrected chi connectivity index (χ0v) is 12.8. The van der Waals surface area contributed by atoms with E-state index in [1.165, 1.54) is 0 Å². The van der Waals surface area contributed by atoms with E-state index in [2.05, 4.69) is 11.4 Å². The van der Waals surface area contributed by atoms with E-state index in [1.54, 1.807) is 12.1 Å². The third-order valence-corrected chi connectivity index (χ3v) is 3.10. The predicted molar refractivity (Wildman–Crippen MR) is 85.6 cm³/mol. The second kappa shape index (κ2) is 7.01. The van der Waals surface area contributed by atoms with Crippen LogP contribution in [0.15, 0.2) is 48.5 Å². The van der Waals surface area contributed by atoms with Crippen LogP contribution in [0.4, 0.5) is 5.69 Å². The molecule has 0 radical (unpaired) electrons. The van der Waals surface area contributed by atoms with Crippen LogP contribution in [0, 0.1) is 11.3 Å². The SMILES string of the molecule is CC(C)Oc1cccc(C(C#N)Nc2ccc(Cl)cc2)c1. The Bertz CT molecular complexity index is 632. The molecule has 2 aromatic carbocycles. The number of nitrogens with one attached hydrogen (secondary N) is 1. The molecule has 0 saturated heterocycles. The maximum absolute atomic E-state index is 9.39. The molecule has 0 saturated carbocycles. The molecule has 21 heavy (non-hydrogen) atoms. The summed E-state index contributed by atoms with van der Waals surface area (Å²) in [6, 6.07) is 16.7. The first-order chi connectivity index (χ1) is 10.1. The van der Waals surface area contributed by atoms with E-state index >= 15 is 0 Å². The summed E-state index contributed by atoms with van der Waals surface area (Å²) in [5.41, 5.74) is 1.71. The highest BCUT2D eigenvalue weighted by Crippen LogP contribution is 2.24. The normalized spacial score (nSPS) is 11.8. The van der Waals surface area contributed by atoms with E-state index in [9.17, 15) is 5.26 Å². The van der Waals surface area contributed by atoms with Gasteiger partial charge in [-0.2, -0.15) is 5.26 Å². The van der Waals surface area contributed by atoms with Gasteiger partial charge in [0.1, 0.15) is 11.8 Å². The molecule has 0 aromatic heterocycles. The minimum atomic E-state index is -0.443. The molecule has 0 heterocycles. The van der Waals surface area contributed by atoms with Crippen molar-refractivity contribution in [2.45, 2.75) is 26.0 Å². The van der Waals surface area contributed by atoms with Crippen LogP contribution in [0.1, 0.15) is 25.5 Å². The van der Waals surface area contributed by atoms with Gasteiger partial charge in [0.2, 0.25) is 0 Å². The first-order valence-electron chi connectivity index (χ1n) is 6.77. The highest BCUT2D eigenvalue weighted by Gasteiger charge is 2.11.